The zero-order valence-corrected chi connectivity index (χ0v) is 14.8. The maximum absolute atomic E-state index is 12.5. The first-order valence-corrected chi connectivity index (χ1v) is 9.11. The number of nitrogens with one attached hydrogen (secondary N) is 1. The fourth-order valence-electron chi connectivity index (χ4n) is 3.73. The molecule has 1 saturated carbocycles. The summed E-state index contributed by atoms with van der Waals surface area (Å²) in [6, 6.07) is 8.55. The Bertz CT molecular complexity index is 549. The first-order valence-electron chi connectivity index (χ1n) is 9.11. The summed E-state index contributed by atoms with van der Waals surface area (Å²) in [4.78, 5) is 17.1. The van der Waals surface area contributed by atoms with Gasteiger partial charge < -0.3 is 15.0 Å². The van der Waals surface area contributed by atoms with Crippen LogP contribution in [-0.2, 0) is 4.79 Å². The third kappa shape index (κ3) is 4.01. The van der Waals surface area contributed by atoms with Crippen LogP contribution in [0.15, 0.2) is 24.3 Å². The number of amides is 1. The quantitative estimate of drug-likeness (QED) is 0.899. The van der Waals surface area contributed by atoms with Crippen LogP contribution in [0.4, 0.5) is 5.69 Å². The van der Waals surface area contributed by atoms with E-state index < -0.39 is 0 Å². The molecule has 1 aromatic carbocycles. The van der Waals surface area contributed by atoms with Gasteiger partial charge in [0, 0.05) is 44.0 Å². The van der Waals surface area contributed by atoms with Gasteiger partial charge >= 0.3 is 0 Å². The molecule has 0 aromatic heterocycles. The number of rotatable bonds is 5. The van der Waals surface area contributed by atoms with Crippen molar-refractivity contribution >= 4 is 11.6 Å². The number of nitrogens with zero attached hydrogens (tertiary/aromatic N) is 2. The van der Waals surface area contributed by atoms with Crippen molar-refractivity contribution in [2.24, 2.45) is 0 Å². The second-order valence-electron chi connectivity index (χ2n) is 6.89. The molecule has 3 rings (SSSR count). The standard InChI is InChI=1S/C19H29N3O2/c1-15(19(23)20-16-6-3-4-7-16)21-10-12-22(13-11-21)17-8-5-9-18(14-17)24-2/h5,8-9,14-16H,3-4,6-7,10-13H2,1-2H3,(H,20,23)/t15-/m1/s1. The molecule has 1 aliphatic heterocycles. The lowest BCUT2D eigenvalue weighted by Crippen LogP contribution is -2.54. The predicted molar refractivity (Wildman–Crippen MR) is 96.6 cm³/mol. The van der Waals surface area contributed by atoms with Crippen LogP contribution in [0.25, 0.3) is 0 Å². The van der Waals surface area contributed by atoms with E-state index in [-0.39, 0.29) is 11.9 Å². The van der Waals surface area contributed by atoms with Crippen molar-refractivity contribution in [2.75, 3.05) is 38.2 Å². The SMILES string of the molecule is COc1cccc(N2CCN([C@H](C)C(=O)NC3CCCC3)CC2)c1. The Balaban J connectivity index is 1.51. The third-order valence-corrected chi connectivity index (χ3v) is 5.36. The lowest BCUT2D eigenvalue weighted by molar-refractivity contribution is -0.126. The molecule has 1 saturated heterocycles. The van der Waals surface area contributed by atoms with E-state index in [0.717, 1.165) is 44.8 Å². The first kappa shape index (κ1) is 17.1. The van der Waals surface area contributed by atoms with Crippen LogP contribution in [0, 0.1) is 0 Å². The van der Waals surface area contributed by atoms with Crippen LogP contribution in [0.1, 0.15) is 32.6 Å². The molecule has 0 spiro atoms. The second-order valence-corrected chi connectivity index (χ2v) is 6.89. The Morgan fingerprint density at radius 1 is 1.21 bits per heavy atom. The molecule has 0 unspecified atom stereocenters. The lowest BCUT2D eigenvalue weighted by Gasteiger charge is -2.38. The largest absolute Gasteiger partial charge is 0.497 e. The third-order valence-electron chi connectivity index (χ3n) is 5.36. The summed E-state index contributed by atoms with van der Waals surface area (Å²) in [6.07, 6.45) is 4.78. The molecule has 1 aromatic rings. The molecule has 1 aliphatic carbocycles. The highest BCUT2D eigenvalue weighted by molar-refractivity contribution is 5.81. The Morgan fingerprint density at radius 3 is 2.58 bits per heavy atom. The monoisotopic (exact) mass is 331 g/mol. The summed E-state index contributed by atoms with van der Waals surface area (Å²) in [7, 11) is 1.70. The highest BCUT2D eigenvalue weighted by atomic mass is 16.5. The molecule has 1 N–H and O–H groups in total. The van der Waals surface area contributed by atoms with Crippen molar-refractivity contribution in [2.45, 2.75) is 44.7 Å². The summed E-state index contributed by atoms with van der Waals surface area (Å²) in [5, 5.41) is 3.22. The van der Waals surface area contributed by atoms with Crippen LogP contribution in [-0.4, -0.2) is 56.2 Å². The summed E-state index contributed by atoms with van der Waals surface area (Å²) >= 11 is 0. The Labute approximate surface area is 145 Å². The van der Waals surface area contributed by atoms with Gasteiger partial charge in [0.1, 0.15) is 5.75 Å². The predicted octanol–water partition coefficient (Wildman–Crippen LogP) is 2.26. The molecule has 2 aliphatic rings. The molecule has 24 heavy (non-hydrogen) atoms. The molecule has 5 heteroatoms. The minimum atomic E-state index is -0.0435. The Kier molecular flexibility index (Phi) is 5.61. The highest BCUT2D eigenvalue weighted by Gasteiger charge is 2.27. The van der Waals surface area contributed by atoms with Crippen molar-refractivity contribution < 1.29 is 9.53 Å². The maximum atomic E-state index is 12.5. The fraction of sp³-hybridized carbons (Fsp3) is 0.632. The van der Waals surface area contributed by atoms with Gasteiger partial charge in [-0.15, -0.1) is 0 Å². The smallest absolute Gasteiger partial charge is 0.237 e. The number of hydrogen-bond acceptors (Lipinski definition) is 4. The van der Waals surface area contributed by atoms with Gasteiger partial charge in [0.15, 0.2) is 0 Å². The van der Waals surface area contributed by atoms with E-state index in [1.807, 2.05) is 19.1 Å². The molecule has 0 radical (unpaired) electrons. The first-order chi connectivity index (χ1) is 11.7. The van der Waals surface area contributed by atoms with Gasteiger partial charge in [0.05, 0.1) is 13.2 Å². The number of carbonyl (C=O) groups excluding carboxylic acids is 1. The molecular formula is C19H29N3O2. The van der Waals surface area contributed by atoms with E-state index >= 15 is 0 Å². The zero-order chi connectivity index (χ0) is 16.9. The Hall–Kier alpha value is -1.75. The minimum absolute atomic E-state index is 0.0435. The van der Waals surface area contributed by atoms with Crippen LogP contribution < -0.4 is 15.0 Å². The van der Waals surface area contributed by atoms with Gasteiger partial charge in [0.25, 0.3) is 0 Å². The van der Waals surface area contributed by atoms with Crippen molar-refractivity contribution in [1.82, 2.24) is 10.2 Å². The van der Waals surface area contributed by atoms with Crippen molar-refractivity contribution in [3.8, 4) is 5.75 Å². The number of benzene rings is 1. The summed E-state index contributed by atoms with van der Waals surface area (Å²) in [5.41, 5.74) is 1.19. The van der Waals surface area contributed by atoms with Crippen LogP contribution in [0.5, 0.6) is 5.75 Å². The summed E-state index contributed by atoms with van der Waals surface area (Å²) in [6.45, 7) is 5.74. The van der Waals surface area contributed by atoms with E-state index in [1.54, 1.807) is 7.11 Å². The van der Waals surface area contributed by atoms with Gasteiger partial charge in [0.2, 0.25) is 5.91 Å². The average molecular weight is 331 g/mol. The maximum Gasteiger partial charge on any atom is 0.237 e. The molecule has 0 bridgehead atoms. The number of hydrogen-bond donors (Lipinski definition) is 1. The van der Waals surface area contributed by atoms with Crippen molar-refractivity contribution in [3.63, 3.8) is 0 Å². The zero-order valence-electron chi connectivity index (χ0n) is 14.8. The van der Waals surface area contributed by atoms with E-state index in [1.165, 1.54) is 18.5 Å². The second kappa shape index (κ2) is 7.88. The average Bonchev–Trinajstić information content (AvgIpc) is 3.14. The number of methoxy groups -OCH3 is 1. The number of carbonyl (C=O) groups is 1. The van der Waals surface area contributed by atoms with E-state index in [9.17, 15) is 4.79 Å². The topological polar surface area (TPSA) is 44.8 Å². The molecule has 1 atom stereocenters. The minimum Gasteiger partial charge on any atom is -0.497 e. The van der Waals surface area contributed by atoms with Crippen LogP contribution in [0.3, 0.4) is 0 Å². The van der Waals surface area contributed by atoms with Gasteiger partial charge in [-0.3, -0.25) is 9.69 Å². The number of anilines is 1. The van der Waals surface area contributed by atoms with Gasteiger partial charge in [-0.1, -0.05) is 18.9 Å². The molecular weight excluding hydrogens is 302 g/mol. The highest BCUT2D eigenvalue weighted by Crippen LogP contribution is 2.23. The van der Waals surface area contributed by atoms with Gasteiger partial charge in [-0.25, -0.2) is 0 Å². The normalized spacial score (nSPS) is 20.8. The fourth-order valence-corrected chi connectivity index (χ4v) is 3.73. The molecule has 132 valence electrons. The van der Waals surface area contributed by atoms with E-state index in [4.69, 9.17) is 4.74 Å². The van der Waals surface area contributed by atoms with Gasteiger partial charge in [-0.2, -0.15) is 0 Å². The number of ether oxygens (including phenoxy) is 1. The summed E-state index contributed by atoms with van der Waals surface area (Å²) < 4.78 is 5.31. The van der Waals surface area contributed by atoms with Crippen LogP contribution in [0.2, 0.25) is 0 Å². The summed E-state index contributed by atoms with van der Waals surface area (Å²) in [5.74, 6) is 1.08. The van der Waals surface area contributed by atoms with E-state index in [0.29, 0.717) is 6.04 Å². The molecule has 1 amide bonds. The van der Waals surface area contributed by atoms with Crippen LogP contribution >= 0.6 is 0 Å². The van der Waals surface area contributed by atoms with Crippen molar-refractivity contribution in [3.05, 3.63) is 24.3 Å². The molecule has 5 nitrogen and oxygen atoms in total. The Morgan fingerprint density at radius 2 is 1.92 bits per heavy atom. The molecule has 1 heterocycles. The van der Waals surface area contributed by atoms with Crippen molar-refractivity contribution in [1.29, 1.82) is 0 Å². The number of piperazine rings is 1. The molecule has 2 fully saturated rings. The lowest BCUT2D eigenvalue weighted by atomic mass is 10.1. The van der Waals surface area contributed by atoms with E-state index in [2.05, 4.69) is 27.2 Å². The van der Waals surface area contributed by atoms with Gasteiger partial charge in [-0.05, 0) is 31.9 Å².